The first-order valence-corrected chi connectivity index (χ1v) is 7.38. The number of aromatic nitrogens is 2. The lowest BCUT2D eigenvalue weighted by Gasteiger charge is -2.29. The van der Waals surface area contributed by atoms with E-state index in [2.05, 4.69) is 18.9 Å². The van der Waals surface area contributed by atoms with Gasteiger partial charge >= 0.3 is 0 Å². The van der Waals surface area contributed by atoms with Crippen LogP contribution < -0.4 is 0 Å². The lowest BCUT2D eigenvalue weighted by molar-refractivity contribution is 0.0989. The van der Waals surface area contributed by atoms with Crippen molar-refractivity contribution in [1.82, 2.24) is 9.78 Å². The van der Waals surface area contributed by atoms with Gasteiger partial charge in [-0.05, 0) is 6.07 Å². The first-order chi connectivity index (χ1) is 7.58. The minimum absolute atomic E-state index is 0.0751. The van der Waals surface area contributed by atoms with Crippen molar-refractivity contribution in [2.45, 2.75) is 29.6 Å². The molecule has 5 heteroatoms. The average molecular weight is 256 g/mol. The first-order valence-electron chi connectivity index (χ1n) is 5.39. The molecule has 1 saturated heterocycles. The minimum atomic E-state index is 0.0751. The Morgan fingerprint density at radius 3 is 2.81 bits per heavy atom. The normalized spacial score (nSPS) is 30.3. The fraction of sp³-hybridized carbons (Fsp3) is 0.636. The number of hydrogen-bond donors (Lipinski definition) is 0. The van der Waals surface area contributed by atoms with E-state index in [1.54, 1.807) is 22.5 Å². The molecule has 0 aliphatic carbocycles. The fourth-order valence-corrected chi connectivity index (χ4v) is 4.50. The van der Waals surface area contributed by atoms with Crippen LogP contribution in [0, 0.1) is 0 Å². The largest absolute Gasteiger partial charge is 0.291 e. The van der Waals surface area contributed by atoms with E-state index in [1.165, 1.54) is 0 Å². The van der Waals surface area contributed by atoms with E-state index in [0.717, 1.165) is 5.75 Å². The van der Waals surface area contributed by atoms with Gasteiger partial charge in [-0.2, -0.15) is 16.9 Å². The van der Waals surface area contributed by atoms with Crippen molar-refractivity contribution in [2.75, 3.05) is 5.75 Å². The van der Waals surface area contributed by atoms with Gasteiger partial charge in [0.15, 0.2) is 5.78 Å². The topological polar surface area (TPSA) is 34.9 Å². The van der Waals surface area contributed by atoms with Crippen molar-refractivity contribution >= 4 is 29.3 Å². The number of carbonyl (C=O) groups excluding carboxylic acids is 1. The summed E-state index contributed by atoms with van der Waals surface area (Å²) >= 11 is 3.67. The van der Waals surface area contributed by atoms with Crippen LogP contribution in [0.4, 0.5) is 0 Å². The standard InChI is InChI=1S/C11H16N2OS2/c1-7-8(2)16-10(6-15-7)11(14)9-4-5-13(3)12-9/h4-5,7-8,10H,6H2,1-3H3. The summed E-state index contributed by atoms with van der Waals surface area (Å²) in [5.41, 5.74) is 0.599. The summed E-state index contributed by atoms with van der Waals surface area (Å²) in [6, 6.07) is 1.80. The quantitative estimate of drug-likeness (QED) is 0.760. The van der Waals surface area contributed by atoms with Crippen LogP contribution in [0.3, 0.4) is 0 Å². The van der Waals surface area contributed by atoms with Crippen molar-refractivity contribution in [3.63, 3.8) is 0 Å². The molecule has 2 heterocycles. The maximum atomic E-state index is 12.2. The zero-order chi connectivity index (χ0) is 11.7. The summed E-state index contributed by atoms with van der Waals surface area (Å²) in [4.78, 5) is 12.2. The van der Waals surface area contributed by atoms with Crippen LogP contribution in [0.15, 0.2) is 12.3 Å². The lowest BCUT2D eigenvalue weighted by Crippen LogP contribution is -2.31. The maximum Gasteiger partial charge on any atom is 0.196 e. The number of thioether (sulfide) groups is 2. The number of rotatable bonds is 2. The molecule has 3 nitrogen and oxygen atoms in total. The summed E-state index contributed by atoms with van der Waals surface area (Å²) in [5, 5.41) is 5.42. The third-order valence-corrected chi connectivity index (χ3v) is 6.20. The second-order valence-electron chi connectivity index (χ2n) is 4.11. The minimum Gasteiger partial charge on any atom is -0.291 e. The predicted molar refractivity (Wildman–Crippen MR) is 70.3 cm³/mol. The Morgan fingerprint density at radius 2 is 2.25 bits per heavy atom. The number of ketones is 1. The van der Waals surface area contributed by atoms with Gasteiger partial charge in [-0.3, -0.25) is 9.48 Å². The smallest absolute Gasteiger partial charge is 0.196 e. The highest BCUT2D eigenvalue weighted by molar-refractivity contribution is 8.08. The lowest BCUT2D eigenvalue weighted by atomic mass is 10.2. The van der Waals surface area contributed by atoms with Crippen molar-refractivity contribution in [3.8, 4) is 0 Å². The van der Waals surface area contributed by atoms with Gasteiger partial charge in [0.1, 0.15) is 5.69 Å². The molecule has 1 aromatic rings. The predicted octanol–water partition coefficient (Wildman–Crippen LogP) is 2.23. The number of hydrogen-bond acceptors (Lipinski definition) is 4. The summed E-state index contributed by atoms with van der Waals surface area (Å²) in [6.07, 6.45) is 1.82. The molecule has 88 valence electrons. The molecule has 1 aliphatic rings. The van der Waals surface area contributed by atoms with Gasteiger partial charge in [0, 0.05) is 29.5 Å². The average Bonchev–Trinajstić information content (AvgIpc) is 2.68. The van der Waals surface area contributed by atoms with Crippen molar-refractivity contribution in [3.05, 3.63) is 18.0 Å². The molecule has 1 aliphatic heterocycles. The van der Waals surface area contributed by atoms with Crippen LogP contribution in [-0.4, -0.2) is 37.1 Å². The van der Waals surface area contributed by atoms with Crippen LogP contribution in [0.5, 0.6) is 0 Å². The molecule has 3 unspecified atom stereocenters. The SMILES string of the molecule is CC1SCC(C(=O)c2ccn(C)n2)SC1C. The summed E-state index contributed by atoms with van der Waals surface area (Å²) in [7, 11) is 1.84. The summed E-state index contributed by atoms with van der Waals surface area (Å²) in [6.45, 7) is 4.42. The Balaban J connectivity index is 2.06. The molecule has 0 saturated carbocycles. The summed E-state index contributed by atoms with van der Waals surface area (Å²) < 4.78 is 1.68. The maximum absolute atomic E-state index is 12.2. The Morgan fingerprint density at radius 1 is 1.50 bits per heavy atom. The zero-order valence-corrected chi connectivity index (χ0v) is 11.3. The Kier molecular flexibility index (Phi) is 3.64. The molecule has 0 N–H and O–H groups in total. The van der Waals surface area contributed by atoms with Crippen LogP contribution in [0.2, 0.25) is 0 Å². The van der Waals surface area contributed by atoms with Crippen molar-refractivity contribution in [2.24, 2.45) is 7.05 Å². The second kappa shape index (κ2) is 4.84. The van der Waals surface area contributed by atoms with E-state index < -0.39 is 0 Å². The molecular formula is C11H16N2OS2. The van der Waals surface area contributed by atoms with Crippen LogP contribution >= 0.6 is 23.5 Å². The third-order valence-electron chi connectivity index (χ3n) is 2.81. The molecular weight excluding hydrogens is 240 g/mol. The Bertz CT molecular complexity index is 391. The highest BCUT2D eigenvalue weighted by Gasteiger charge is 2.31. The monoisotopic (exact) mass is 256 g/mol. The molecule has 1 fully saturated rings. The molecule has 1 aromatic heterocycles. The van der Waals surface area contributed by atoms with E-state index in [9.17, 15) is 4.79 Å². The Hall–Kier alpha value is -0.420. The van der Waals surface area contributed by atoms with Crippen LogP contribution in [-0.2, 0) is 7.05 Å². The second-order valence-corrected chi connectivity index (χ2v) is 7.10. The molecule has 0 spiro atoms. The molecule has 3 atom stereocenters. The first kappa shape index (κ1) is 12.0. The van der Waals surface area contributed by atoms with Crippen molar-refractivity contribution in [1.29, 1.82) is 0 Å². The Labute approximate surface area is 104 Å². The van der Waals surface area contributed by atoms with Gasteiger partial charge < -0.3 is 0 Å². The van der Waals surface area contributed by atoms with E-state index in [1.807, 2.05) is 25.0 Å². The van der Waals surface area contributed by atoms with Gasteiger partial charge in [-0.25, -0.2) is 0 Å². The van der Waals surface area contributed by atoms with E-state index >= 15 is 0 Å². The van der Waals surface area contributed by atoms with Gasteiger partial charge in [-0.15, -0.1) is 11.8 Å². The third kappa shape index (κ3) is 2.46. The van der Waals surface area contributed by atoms with Gasteiger partial charge in [0.25, 0.3) is 0 Å². The van der Waals surface area contributed by atoms with Gasteiger partial charge in [0.2, 0.25) is 0 Å². The van der Waals surface area contributed by atoms with E-state index in [0.29, 0.717) is 16.2 Å². The molecule has 0 bridgehead atoms. The van der Waals surface area contributed by atoms with Gasteiger partial charge in [0.05, 0.1) is 5.25 Å². The molecule has 0 amide bonds. The molecule has 0 aromatic carbocycles. The van der Waals surface area contributed by atoms with Gasteiger partial charge in [-0.1, -0.05) is 13.8 Å². The number of carbonyl (C=O) groups is 1. The highest BCUT2D eigenvalue weighted by Crippen LogP contribution is 2.36. The number of nitrogens with zero attached hydrogens (tertiary/aromatic N) is 2. The zero-order valence-electron chi connectivity index (χ0n) is 9.71. The fourth-order valence-electron chi connectivity index (χ4n) is 1.63. The van der Waals surface area contributed by atoms with Crippen molar-refractivity contribution < 1.29 is 4.79 Å². The molecule has 2 rings (SSSR count). The molecule has 0 radical (unpaired) electrons. The highest BCUT2D eigenvalue weighted by atomic mass is 32.2. The van der Waals surface area contributed by atoms with E-state index in [-0.39, 0.29) is 11.0 Å². The molecule has 16 heavy (non-hydrogen) atoms. The van der Waals surface area contributed by atoms with Crippen LogP contribution in [0.25, 0.3) is 0 Å². The number of aryl methyl sites for hydroxylation is 1. The van der Waals surface area contributed by atoms with E-state index in [4.69, 9.17) is 0 Å². The summed E-state index contributed by atoms with van der Waals surface area (Å²) in [5.74, 6) is 1.09. The van der Waals surface area contributed by atoms with Crippen LogP contribution in [0.1, 0.15) is 24.3 Å². The number of Topliss-reactive ketones (excluding diaryl/α,β-unsaturated/α-hetero) is 1.